The van der Waals surface area contributed by atoms with Gasteiger partial charge in [-0.3, -0.25) is 9.69 Å². The van der Waals surface area contributed by atoms with Crippen molar-refractivity contribution >= 4 is 11.5 Å². The van der Waals surface area contributed by atoms with Gasteiger partial charge in [0.2, 0.25) is 0 Å². The van der Waals surface area contributed by atoms with E-state index >= 15 is 0 Å². The van der Waals surface area contributed by atoms with Crippen molar-refractivity contribution in [1.82, 2.24) is 4.90 Å². The highest BCUT2D eigenvalue weighted by molar-refractivity contribution is 6.00. The quantitative estimate of drug-likeness (QED) is 0.652. The van der Waals surface area contributed by atoms with E-state index in [-0.39, 0.29) is 17.9 Å². The number of hydrogen-bond acceptors (Lipinski definition) is 3. The Morgan fingerprint density at radius 3 is 2.14 bits per heavy atom. The minimum absolute atomic E-state index is 0.129. The Morgan fingerprint density at radius 1 is 1.00 bits per heavy atom. The molecule has 0 spiro atoms. The lowest BCUT2D eigenvalue weighted by molar-refractivity contribution is 0.0772. The highest BCUT2D eigenvalue weighted by Gasteiger charge is 2.24. The molecular weight excluding hydrogens is 272 g/mol. The molecule has 2 N–H and O–H groups in total. The Balaban J connectivity index is 2.17. The first-order valence-electron chi connectivity index (χ1n) is 7.68. The van der Waals surface area contributed by atoms with Crippen molar-refractivity contribution in [3.05, 3.63) is 65.7 Å². The maximum Gasteiger partial charge on any atom is 0.179 e. The third-order valence-electron chi connectivity index (χ3n) is 3.94. The molecule has 0 fully saturated rings. The molecule has 1 atom stereocenters. The molecule has 0 saturated carbocycles. The lowest BCUT2D eigenvalue weighted by atomic mass is 10.0. The zero-order chi connectivity index (χ0) is 16.1. The summed E-state index contributed by atoms with van der Waals surface area (Å²) in [6, 6.07) is 17.5. The number of hydrogen-bond donors (Lipinski definition) is 1. The molecule has 3 heteroatoms. The van der Waals surface area contributed by atoms with Crippen LogP contribution in [0.2, 0.25) is 0 Å². The molecular formula is C19H24N2O. The normalized spacial score (nSPS) is 12.6. The first-order chi connectivity index (χ1) is 10.5. The van der Waals surface area contributed by atoms with Gasteiger partial charge in [-0.25, -0.2) is 0 Å². The summed E-state index contributed by atoms with van der Waals surface area (Å²) in [7, 11) is 0. The lowest BCUT2D eigenvalue weighted by Gasteiger charge is -2.32. The number of carbonyl (C=O) groups is 1. The van der Waals surface area contributed by atoms with Crippen LogP contribution in [0.4, 0.5) is 5.69 Å². The number of rotatable bonds is 6. The summed E-state index contributed by atoms with van der Waals surface area (Å²) in [6.07, 6.45) is 0. The van der Waals surface area contributed by atoms with Crippen LogP contribution in [0.1, 0.15) is 36.7 Å². The van der Waals surface area contributed by atoms with E-state index in [1.807, 2.05) is 25.1 Å². The minimum atomic E-state index is -0.177. The molecule has 22 heavy (non-hydrogen) atoms. The van der Waals surface area contributed by atoms with Crippen molar-refractivity contribution < 1.29 is 4.79 Å². The van der Waals surface area contributed by atoms with Crippen LogP contribution in [-0.2, 0) is 6.54 Å². The van der Waals surface area contributed by atoms with Crippen molar-refractivity contribution in [3.63, 3.8) is 0 Å². The fourth-order valence-electron chi connectivity index (χ4n) is 2.60. The van der Waals surface area contributed by atoms with Crippen LogP contribution in [0.15, 0.2) is 54.6 Å². The van der Waals surface area contributed by atoms with Gasteiger partial charge in [-0.1, -0.05) is 30.3 Å². The average molecular weight is 296 g/mol. The molecule has 0 aliphatic carbocycles. The topological polar surface area (TPSA) is 46.3 Å². The second-order valence-electron chi connectivity index (χ2n) is 5.91. The molecule has 0 aliphatic rings. The summed E-state index contributed by atoms with van der Waals surface area (Å²) in [5, 5.41) is 0. The predicted octanol–water partition coefficient (Wildman–Crippen LogP) is 3.75. The minimum Gasteiger partial charge on any atom is -0.399 e. The summed E-state index contributed by atoms with van der Waals surface area (Å²) in [5.74, 6) is 0.129. The highest BCUT2D eigenvalue weighted by Crippen LogP contribution is 2.17. The van der Waals surface area contributed by atoms with Crippen LogP contribution in [0.25, 0.3) is 0 Å². The number of nitrogens with two attached hydrogens (primary N) is 1. The SMILES string of the molecule is CC(C)N(Cc1ccccc1)C(C)C(=O)c1ccc(N)cc1. The molecule has 0 radical (unpaired) electrons. The van der Waals surface area contributed by atoms with Gasteiger partial charge in [-0.15, -0.1) is 0 Å². The third kappa shape index (κ3) is 3.95. The standard InChI is InChI=1S/C19H24N2O/c1-14(2)21(13-16-7-5-4-6-8-16)15(3)19(22)17-9-11-18(20)12-10-17/h4-12,14-15H,13,20H2,1-3H3. The Labute approximate surface area is 132 Å². The number of carbonyl (C=O) groups excluding carboxylic acids is 1. The summed E-state index contributed by atoms with van der Waals surface area (Å²) in [4.78, 5) is 14.9. The fourth-order valence-corrected chi connectivity index (χ4v) is 2.60. The number of anilines is 1. The van der Waals surface area contributed by atoms with Crippen molar-refractivity contribution in [2.45, 2.75) is 39.4 Å². The van der Waals surface area contributed by atoms with Gasteiger partial charge in [0.1, 0.15) is 0 Å². The van der Waals surface area contributed by atoms with E-state index in [2.05, 4.69) is 30.9 Å². The maximum absolute atomic E-state index is 12.7. The molecule has 0 aromatic heterocycles. The molecule has 0 saturated heterocycles. The van der Waals surface area contributed by atoms with Gasteiger partial charge in [-0.2, -0.15) is 0 Å². The van der Waals surface area contributed by atoms with Crippen molar-refractivity contribution in [3.8, 4) is 0 Å². The second-order valence-corrected chi connectivity index (χ2v) is 5.91. The van der Waals surface area contributed by atoms with Crippen molar-refractivity contribution in [1.29, 1.82) is 0 Å². The van der Waals surface area contributed by atoms with Gasteiger partial charge in [-0.05, 0) is 50.6 Å². The van der Waals surface area contributed by atoms with Gasteiger partial charge >= 0.3 is 0 Å². The fraction of sp³-hybridized carbons (Fsp3) is 0.316. The van der Waals surface area contributed by atoms with Crippen LogP contribution < -0.4 is 5.73 Å². The Kier molecular flexibility index (Phi) is 5.34. The van der Waals surface area contributed by atoms with Crippen LogP contribution in [0.3, 0.4) is 0 Å². The zero-order valence-electron chi connectivity index (χ0n) is 13.5. The highest BCUT2D eigenvalue weighted by atomic mass is 16.1. The summed E-state index contributed by atoms with van der Waals surface area (Å²) >= 11 is 0. The summed E-state index contributed by atoms with van der Waals surface area (Å²) in [5.41, 5.74) is 8.29. The van der Waals surface area contributed by atoms with Crippen LogP contribution in [-0.4, -0.2) is 22.8 Å². The summed E-state index contributed by atoms with van der Waals surface area (Å²) < 4.78 is 0. The Morgan fingerprint density at radius 2 is 1.59 bits per heavy atom. The van der Waals surface area contributed by atoms with Gasteiger partial charge in [0.05, 0.1) is 6.04 Å². The molecule has 3 nitrogen and oxygen atoms in total. The zero-order valence-corrected chi connectivity index (χ0v) is 13.5. The van der Waals surface area contributed by atoms with Crippen molar-refractivity contribution in [2.75, 3.05) is 5.73 Å². The number of Topliss-reactive ketones (excluding diaryl/α,β-unsaturated/α-hetero) is 1. The molecule has 0 amide bonds. The molecule has 1 unspecified atom stereocenters. The monoisotopic (exact) mass is 296 g/mol. The number of ketones is 1. The lowest BCUT2D eigenvalue weighted by Crippen LogP contribution is -2.42. The molecule has 116 valence electrons. The first kappa shape index (κ1) is 16.2. The van der Waals surface area contributed by atoms with E-state index in [0.717, 1.165) is 6.54 Å². The van der Waals surface area contributed by atoms with Gasteiger partial charge < -0.3 is 5.73 Å². The van der Waals surface area contributed by atoms with Gasteiger partial charge in [0, 0.05) is 23.8 Å². The molecule has 2 aromatic rings. The third-order valence-corrected chi connectivity index (χ3v) is 3.94. The number of benzene rings is 2. The van der Waals surface area contributed by atoms with Crippen molar-refractivity contribution in [2.24, 2.45) is 0 Å². The smallest absolute Gasteiger partial charge is 0.179 e. The molecule has 0 bridgehead atoms. The first-order valence-corrected chi connectivity index (χ1v) is 7.68. The van der Waals surface area contributed by atoms with E-state index in [4.69, 9.17) is 5.73 Å². The van der Waals surface area contributed by atoms with E-state index < -0.39 is 0 Å². The van der Waals surface area contributed by atoms with E-state index in [9.17, 15) is 4.79 Å². The van der Waals surface area contributed by atoms with E-state index in [1.54, 1.807) is 24.3 Å². The Hall–Kier alpha value is -2.13. The molecule has 2 rings (SSSR count). The van der Waals surface area contributed by atoms with E-state index in [0.29, 0.717) is 11.3 Å². The van der Waals surface area contributed by atoms with Crippen LogP contribution >= 0.6 is 0 Å². The van der Waals surface area contributed by atoms with Gasteiger partial charge in [0.25, 0.3) is 0 Å². The van der Waals surface area contributed by atoms with Gasteiger partial charge in [0.15, 0.2) is 5.78 Å². The summed E-state index contributed by atoms with van der Waals surface area (Å²) in [6.45, 7) is 6.98. The second kappa shape index (κ2) is 7.23. The average Bonchev–Trinajstić information content (AvgIpc) is 2.53. The number of nitrogens with zero attached hydrogens (tertiary/aromatic N) is 1. The maximum atomic E-state index is 12.7. The van der Waals surface area contributed by atoms with Crippen LogP contribution in [0, 0.1) is 0 Å². The molecule has 0 heterocycles. The number of nitrogen functional groups attached to an aromatic ring is 1. The van der Waals surface area contributed by atoms with E-state index in [1.165, 1.54) is 5.56 Å². The van der Waals surface area contributed by atoms with Crippen LogP contribution in [0.5, 0.6) is 0 Å². The Bertz CT molecular complexity index is 605. The largest absolute Gasteiger partial charge is 0.399 e. The predicted molar refractivity (Wildman–Crippen MR) is 91.8 cm³/mol. The molecule has 0 aliphatic heterocycles. The molecule has 2 aromatic carbocycles.